The number of aromatic amines is 1. The van der Waals surface area contributed by atoms with Crippen LogP contribution in [-0.4, -0.2) is 44.9 Å². The number of ketones is 1. The summed E-state index contributed by atoms with van der Waals surface area (Å²) < 4.78 is 0. The average Bonchev–Trinajstić information content (AvgIpc) is 3.52. The van der Waals surface area contributed by atoms with Crippen LogP contribution in [0.2, 0.25) is 0 Å². The standard InChI is InChI=1S/C24H26N4O2/c1-3-4-24(30)28-11-9-18(10-12-28)21-8-7-19(15-25-21)16(2)23(29)14-20-13-22(27-26-20)17-5-6-17/h7-9,13,15-17H,5-6,10-12,14H2,1-2H3,(H,26,27). The minimum Gasteiger partial charge on any atom is -0.328 e. The van der Waals surface area contributed by atoms with Gasteiger partial charge in [0.2, 0.25) is 0 Å². The maximum atomic E-state index is 12.7. The van der Waals surface area contributed by atoms with Crippen LogP contribution in [0.3, 0.4) is 0 Å². The molecule has 6 heteroatoms. The molecule has 1 amide bonds. The van der Waals surface area contributed by atoms with Crippen LogP contribution >= 0.6 is 0 Å². The Morgan fingerprint density at radius 2 is 2.17 bits per heavy atom. The summed E-state index contributed by atoms with van der Waals surface area (Å²) in [5.74, 6) is 5.61. The smallest absolute Gasteiger partial charge is 0.298 e. The van der Waals surface area contributed by atoms with Crippen LogP contribution < -0.4 is 0 Å². The minimum absolute atomic E-state index is 0.134. The van der Waals surface area contributed by atoms with Crippen LogP contribution in [0.1, 0.15) is 67.6 Å². The number of Topliss-reactive ketones (excluding diaryl/α,β-unsaturated/α-hetero) is 1. The zero-order chi connectivity index (χ0) is 21.1. The van der Waals surface area contributed by atoms with Gasteiger partial charge in [-0.25, -0.2) is 0 Å². The number of hydrogen-bond acceptors (Lipinski definition) is 4. The zero-order valence-corrected chi connectivity index (χ0v) is 17.4. The van der Waals surface area contributed by atoms with E-state index in [4.69, 9.17) is 0 Å². The molecule has 2 aromatic rings. The second kappa shape index (κ2) is 8.66. The van der Waals surface area contributed by atoms with Gasteiger partial charge >= 0.3 is 0 Å². The van der Waals surface area contributed by atoms with Crippen LogP contribution in [0.5, 0.6) is 0 Å². The van der Waals surface area contributed by atoms with Gasteiger partial charge in [-0.1, -0.05) is 25.0 Å². The lowest BCUT2D eigenvalue weighted by atomic mass is 9.94. The third-order valence-electron chi connectivity index (χ3n) is 5.84. The Hall–Kier alpha value is -3.20. The highest BCUT2D eigenvalue weighted by atomic mass is 16.2. The van der Waals surface area contributed by atoms with Gasteiger partial charge < -0.3 is 4.90 Å². The Morgan fingerprint density at radius 3 is 2.80 bits per heavy atom. The minimum atomic E-state index is -0.222. The van der Waals surface area contributed by atoms with Crippen LogP contribution in [0.4, 0.5) is 0 Å². The predicted molar refractivity (Wildman–Crippen MR) is 115 cm³/mol. The highest BCUT2D eigenvalue weighted by Gasteiger charge is 2.27. The van der Waals surface area contributed by atoms with Gasteiger partial charge in [-0.15, -0.1) is 0 Å². The molecule has 6 nitrogen and oxygen atoms in total. The van der Waals surface area contributed by atoms with E-state index in [0.717, 1.165) is 34.6 Å². The Balaban J connectivity index is 1.37. The number of carbonyl (C=O) groups excluding carboxylic acids is 2. The number of hydrogen-bond donors (Lipinski definition) is 1. The van der Waals surface area contributed by atoms with Crippen molar-refractivity contribution in [1.82, 2.24) is 20.1 Å². The molecule has 0 radical (unpaired) electrons. The molecule has 1 unspecified atom stereocenters. The van der Waals surface area contributed by atoms with E-state index in [1.807, 2.05) is 31.2 Å². The number of carbonyl (C=O) groups is 2. The fraction of sp³-hybridized carbons (Fsp3) is 0.417. The van der Waals surface area contributed by atoms with Gasteiger partial charge in [0.25, 0.3) is 5.91 Å². The SMILES string of the molecule is CC#CC(=O)N1CC=C(c2ccc(C(C)C(=O)Cc3cc(C4CC4)n[nH]3)cn2)CC1. The molecule has 0 bridgehead atoms. The predicted octanol–water partition coefficient (Wildman–Crippen LogP) is 3.24. The third kappa shape index (κ3) is 4.51. The average molecular weight is 402 g/mol. The molecular formula is C24H26N4O2. The molecule has 1 atom stereocenters. The second-order valence-corrected chi connectivity index (χ2v) is 8.04. The van der Waals surface area contributed by atoms with Gasteiger partial charge in [-0.2, -0.15) is 5.10 Å². The van der Waals surface area contributed by atoms with E-state index in [2.05, 4.69) is 27.0 Å². The molecule has 4 rings (SSSR count). The molecular weight excluding hydrogens is 376 g/mol. The number of nitrogens with one attached hydrogen (secondary N) is 1. The molecule has 30 heavy (non-hydrogen) atoms. The van der Waals surface area contributed by atoms with Gasteiger partial charge in [0, 0.05) is 43.2 Å². The summed E-state index contributed by atoms with van der Waals surface area (Å²) in [4.78, 5) is 30.9. The molecule has 2 aromatic heterocycles. The fourth-order valence-corrected chi connectivity index (χ4v) is 3.71. The Labute approximate surface area is 176 Å². The van der Waals surface area contributed by atoms with E-state index in [1.54, 1.807) is 18.0 Å². The van der Waals surface area contributed by atoms with Crippen molar-refractivity contribution >= 4 is 17.3 Å². The molecule has 1 fully saturated rings. The third-order valence-corrected chi connectivity index (χ3v) is 5.84. The van der Waals surface area contributed by atoms with E-state index in [0.29, 0.717) is 25.4 Å². The van der Waals surface area contributed by atoms with Crippen molar-refractivity contribution in [3.8, 4) is 11.8 Å². The summed E-state index contributed by atoms with van der Waals surface area (Å²) in [7, 11) is 0. The van der Waals surface area contributed by atoms with Crippen LogP contribution in [-0.2, 0) is 16.0 Å². The fourth-order valence-electron chi connectivity index (χ4n) is 3.71. The van der Waals surface area contributed by atoms with Crippen molar-refractivity contribution < 1.29 is 9.59 Å². The number of H-pyrrole nitrogens is 1. The number of nitrogens with zero attached hydrogens (tertiary/aromatic N) is 3. The lowest BCUT2D eigenvalue weighted by molar-refractivity contribution is -0.124. The molecule has 0 aromatic carbocycles. The van der Waals surface area contributed by atoms with Gasteiger partial charge in [-0.3, -0.25) is 19.7 Å². The van der Waals surface area contributed by atoms with Gasteiger partial charge in [0.15, 0.2) is 0 Å². The maximum absolute atomic E-state index is 12.7. The molecule has 154 valence electrons. The first-order chi connectivity index (χ1) is 14.5. The molecule has 1 aliphatic carbocycles. The summed E-state index contributed by atoms with van der Waals surface area (Å²) in [5, 5.41) is 7.33. The van der Waals surface area contributed by atoms with Crippen LogP contribution in [0.25, 0.3) is 5.57 Å². The zero-order valence-electron chi connectivity index (χ0n) is 17.4. The van der Waals surface area contributed by atoms with E-state index in [1.165, 1.54) is 12.8 Å². The van der Waals surface area contributed by atoms with E-state index in [9.17, 15) is 9.59 Å². The lowest BCUT2D eigenvalue weighted by Gasteiger charge is -2.24. The lowest BCUT2D eigenvalue weighted by Crippen LogP contribution is -2.33. The van der Waals surface area contributed by atoms with E-state index in [-0.39, 0.29) is 17.6 Å². The number of aromatic nitrogens is 3. The molecule has 1 saturated carbocycles. The molecule has 1 aliphatic heterocycles. The highest BCUT2D eigenvalue weighted by molar-refractivity contribution is 5.94. The first kappa shape index (κ1) is 20.1. The van der Waals surface area contributed by atoms with Gasteiger partial charge in [0.1, 0.15) is 5.78 Å². The van der Waals surface area contributed by atoms with E-state index >= 15 is 0 Å². The van der Waals surface area contributed by atoms with Crippen molar-refractivity contribution in [2.24, 2.45) is 0 Å². The quantitative estimate of drug-likeness (QED) is 0.753. The monoisotopic (exact) mass is 402 g/mol. The van der Waals surface area contributed by atoms with Gasteiger partial charge in [0.05, 0.1) is 11.4 Å². The van der Waals surface area contributed by atoms with Crippen molar-refractivity contribution in [2.45, 2.75) is 51.4 Å². The van der Waals surface area contributed by atoms with Gasteiger partial charge in [-0.05, 0) is 55.4 Å². The summed E-state index contributed by atoms with van der Waals surface area (Å²) >= 11 is 0. The number of amides is 1. The Kier molecular flexibility index (Phi) is 5.80. The molecule has 1 N–H and O–H groups in total. The normalized spacial score (nSPS) is 17.0. The Bertz CT molecular complexity index is 1040. The van der Waals surface area contributed by atoms with Crippen LogP contribution in [0, 0.1) is 11.8 Å². The number of pyridine rings is 1. The number of rotatable bonds is 6. The summed E-state index contributed by atoms with van der Waals surface area (Å²) in [5.41, 5.74) is 4.91. The molecule has 0 spiro atoms. The topological polar surface area (TPSA) is 79.0 Å². The second-order valence-electron chi connectivity index (χ2n) is 8.04. The van der Waals surface area contributed by atoms with Crippen molar-refractivity contribution in [1.29, 1.82) is 0 Å². The molecule has 2 aliphatic rings. The van der Waals surface area contributed by atoms with Crippen molar-refractivity contribution in [3.63, 3.8) is 0 Å². The summed E-state index contributed by atoms with van der Waals surface area (Å²) in [6.45, 7) is 4.79. The highest BCUT2D eigenvalue weighted by Crippen LogP contribution is 2.39. The molecule has 3 heterocycles. The summed E-state index contributed by atoms with van der Waals surface area (Å²) in [6.07, 6.45) is 7.33. The maximum Gasteiger partial charge on any atom is 0.298 e. The van der Waals surface area contributed by atoms with Crippen LogP contribution in [0.15, 0.2) is 30.5 Å². The van der Waals surface area contributed by atoms with Crippen molar-refractivity contribution in [2.75, 3.05) is 13.1 Å². The Morgan fingerprint density at radius 1 is 1.33 bits per heavy atom. The first-order valence-corrected chi connectivity index (χ1v) is 10.5. The van der Waals surface area contributed by atoms with E-state index < -0.39 is 0 Å². The first-order valence-electron chi connectivity index (χ1n) is 10.5. The summed E-state index contributed by atoms with van der Waals surface area (Å²) in [6, 6.07) is 5.98. The largest absolute Gasteiger partial charge is 0.328 e. The molecule has 0 saturated heterocycles. The van der Waals surface area contributed by atoms with Crippen molar-refractivity contribution in [3.05, 3.63) is 53.1 Å².